The summed E-state index contributed by atoms with van der Waals surface area (Å²) in [6.07, 6.45) is 3.92. The number of nitrogens with one attached hydrogen (secondary N) is 1. The second-order valence-corrected chi connectivity index (χ2v) is 4.99. The topological polar surface area (TPSA) is 71.5 Å². The standard InChI is InChI=1S/C13H20N2O3/c1-13(2,5-7-18-3)9-15-11-8-14-6-4-10(11)12(16)17/h4,6,8,15H,5,7,9H2,1-3H3,(H,16,17). The Hall–Kier alpha value is -1.62. The second-order valence-electron chi connectivity index (χ2n) is 4.99. The summed E-state index contributed by atoms with van der Waals surface area (Å²) in [5.74, 6) is -0.949. The molecule has 0 radical (unpaired) electrons. The summed E-state index contributed by atoms with van der Waals surface area (Å²) in [5, 5.41) is 12.2. The number of anilines is 1. The van der Waals surface area contributed by atoms with Crippen LogP contribution in [0.5, 0.6) is 0 Å². The van der Waals surface area contributed by atoms with Gasteiger partial charge in [0.05, 0.1) is 17.4 Å². The Morgan fingerprint density at radius 3 is 2.89 bits per heavy atom. The van der Waals surface area contributed by atoms with Crippen molar-refractivity contribution in [3.8, 4) is 0 Å². The maximum absolute atomic E-state index is 11.0. The van der Waals surface area contributed by atoms with Crippen LogP contribution in [0.25, 0.3) is 0 Å². The Labute approximate surface area is 107 Å². The molecule has 0 unspecified atom stereocenters. The summed E-state index contributed by atoms with van der Waals surface area (Å²) in [6, 6.07) is 1.49. The van der Waals surface area contributed by atoms with Crippen LogP contribution in [0, 0.1) is 5.41 Å². The molecule has 0 fully saturated rings. The van der Waals surface area contributed by atoms with Gasteiger partial charge < -0.3 is 15.2 Å². The molecule has 0 spiro atoms. The maximum atomic E-state index is 11.0. The first-order valence-corrected chi connectivity index (χ1v) is 5.86. The van der Waals surface area contributed by atoms with E-state index in [4.69, 9.17) is 9.84 Å². The van der Waals surface area contributed by atoms with Crippen LogP contribution in [0.3, 0.4) is 0 Å². The molecule has 1 rings (SSSR count). The lowest BCUT2D eigenvalue weighted by atomic mass is 9.89. The Morgan fingerprint density at radius 1 is 1.56 bits per heavy atom. The van der Waals surface area contributed by atoms with Gasteiger partial charge in [0.2, 0.25) is 0 Å². The largest absolute Gasteiger partial charge is 0.478 e. The van der Waals surface area contributed by atoms with E-state index in [-0.39, 0.29) is 11.0 Å². The van der Waals surface area contributed by atoms with Gasteiger partial charge in [-0.3, -0.25) is 4.98 Å². The minimum Gasteiger partial charge on any atom is -0.478 e. The third kappa shape index (κ3) is 4.33. The van der Waals surface area contributed by atoms with Crippen molar-refractivity contribution in [2.75, 3.05) is 25.6 Å². The number of carbonyl (C=O) groups is 1. The number of hydrogen-bond acceptors (Lipinski definition) is 4. The fourth-order valence-corrected chi connectivity index (χ4v) is 1.52. The van der Waals surface area contributed by atoms with Crippen molar-refractivity contribution in [2.24, 2.45) is 5.41 Å². The molecule has 0 aliphatic carbocycles. The molecule has 1 heterocycles. The number of pyridine rings is 1. The molecule has 0 bridgehead atoms. The SMILES string of the molecule is COCCC(C)(C)CNc1cnccc1C(=O)O. The van der Waals surface area contributed by atoms with E-state index in [9.17, 15) is 4.79 Å². The van der Waals surface area contributed by atoms with Crippen molar-refractivity contribution in [1.29, 1.82) is 0 Å². The highest BCUT2D eigenvalue weighted by Crippen LogP contribution is 2.22. The van der Waals surface area contributed by atoms with Crippen LogP contribution in [0.1, 0.15) is 30.6 Å². The first kappa shape index (κ1) is 14.4. The molecule has 0 atom stereocenters. The van der Waals surface area contributed by atoms with E-state index in [1.54, 1.807) is 7.11 Å². The van der Waals surface area contributed by atoms with Gasteiger partial charge in [0, 0.05) is 26.5 Å². The fourth-order valence-electron chi connectivity index (χ4n) is 1.52. The zero-order valence-electron chi connectivity index (χ0n) is 11.1. The van der Waals surface area contributed by atoms with Gasteiger partial charge in [0.25, 0.3) is 0 Å². The minimum absolute atomic E-state index is 0.0294. The van der Waals surface area contributed by atoms with E-state index in [0.717, 1.165) is 6.42 Å². The van der Waals surface area contributed by atoms with Crippen molar-refractivity contribution in [2.45, 2.75) is 20.3 Å². The van der Waals surface area contributed by atoms with Gasteiger partial charge in [-0.1, -0.05) is 13.8 Å². The van der Waals surface area contributed by atoms with E-state index in [1.807, 2.05) is 0 Å². The molecule has 5 nitrogen and oxygen atoms in total. The molecular formula is C13H20N2O3. The molecule has 100 valence electrons. The summed E-state index contributed by atoms with van der Waals surface area (Å²) >= 11 is 0. The van der Waals surface area contributed by atoms with Crippen LogP contribution in [-0.2, 0) is 4.74 Å². The number of rotatable bonds is 7. The third-order valence-corrected chi connectivity index (χ3v) is 2.79. The fraction of sp³-hybridized carbons (Fsp3) is 0.538. The molecule has 0 aliphatic rings. The highest BCUT2D eigenvalue weighted by atomic mass is 16.5. The summed E-state index contributed by atoms with van der Waals surface area (Å²) in [5.41, 5.74) is 0.824. The molecule has 0 aromatic carbocycles. The Morgan fingerprint density at radius 2 is 2.28 bits per heavy atom. The number of nitrogens with zero attached hydrogens (tertiary/aromatic N) is 1. The zero-order chi connectivity index (χ0) is 13.6. The van der Waals surface area contributed by atoms with Crippen molar-refractivity contribution in [3.63, 3.8) is 0 Å². The van der Waals surface area contributed by atoms with Crippen LogP contribution in [-0.4, -0.2) is 36.3 Å². The molecule has 2 N–H and O–H groups in total. The maximum Gasteiger partial charge on any atom is 0.337 e. The summed E-state index contributed by atoms with van der Waals surface area (Å²) < 4.78 is 5.06. The lowest BCUT2D eigenvalue weighted by Gasteiger charge is -2.25. The summed E-state index contributed by atoms with van der Waals surface area (Å²) in [7, 11) is 1.67. The number of aromatic nitrogens is 1. The highest BCUT2D eigenvalue weighted by molar-refractivity contribution is 5.93. The van der Waals surface area contributed by atoms with E-state index in [1.165, 1.54) is 18.5 Å². The van der Waals surface area contributed by atoms with Crippen LogP contribution < -0.4 is 5.32 Å². The Bertz CT molecular complexity index is 405. The van der Waals surface area contributed by atoms with Crippen molar-refractivity contribution in [1.82, 2.24) is 4.98 Å². The molecule has 0 saturated heterocycles. The predicted molar refractivity (Wildman–Crippen MR) is 70.0 cm³/mol. The monoisotopic (exact) mass is 252 g/mol. The first-order chi connectivity index (χ1) is 8.46. The molecule has 18 heavy (non-hydrogen) atoms. The Kier molecular flexibility index (Phi) is 5.09. The number of carboxylic acids is 1. The molecule has 1 aromatic heterocycles. The zero-order valence-corrected chi connectivity index (χ0v) is 11.1. The van der Waals surface area contributed by atoms with Gasteiger partial charge in [-0.15, -0.1) is 0 Å². The number of hydrogen-bond donors (Lipinski definition) is 2. The molecular weight excluding hydrogens is 232 g/mol. The molecule has 0 aliphatic heterocycles. The average Bonchev–Trinajstić information content (AvgIpc) is 2.34. The minimum atomic E-state index is -0.949. The van der Waals surface area contributed by atoms with Crippen molar-refractivity contribution in [3.05, 3.63) is 24.0 Å². The Balaban J connectivity index is 2.65. The van der Waals surface area contributed by atoms with E-state index in [0.29, 0.717) is 18.8 Å². The number of methoxy groups -OCH3 is 1. The van der Waals surface area contributed by atoms with Crippen molar-refractivity contribution < 1.29 is 14.6 Å². The van der Waals surface area contributed by atoms with E-state index >= 15 is 0 Å². The molecule has 0 amide bonds. The lowest BCUT2D eigenvalue weighted by molar-refractivity contribution is 0.0697. The normalized spacial score (nSPS) is 11.3. The highest BCUT2D eigenvalue weighted by Gasteiger charge is 2.18. The number of aromatic carboxylic acids is 1. The summed E-state index contributed by atoms with van der Waals surface area (Å²) in [4.78, 5) is 15.0. The van der Waals surface area contributed by atoms with Crippen LogP contribution >= 0.6 is 0 Å². The van der Waals surface area contributed by atoms with E-state index in [2.05, 4.69) is 24.1 Å². The van der Waals surface area contributed by atoms with Crippen molar-refractivity contribution >= 4 is 11.7 Å². The van der Waals surface area contributed by atoms with Gasteiger partial charge in [-0.2, -0.15) is 0 Å². The average molecular weight is 252 g/mol. The molecule has 0 saturated carbocycles. The smallest absolute Gasteiger partial charge is 0.337 e. The van der Waals surface area contributed by atoms with Crippen LogP contribution in [0.2, 0.25) is 0 Å². The van der Waals surface area contributed by atoms with Gasteiger partial charge in [0.1, 0.15) is 0 Å². The second kappa shape index (κ2) is 6.35. The van der Waals surface area contributed by atoms with Crippen LogP contribution in [0.4, 0.5) is 5.69 Å². The van der Waals surface area contributed by atoms with Gasteiger partial charge in [-0.25, -0.2) is 4.79 Å². The summed E-state index contributed by atoms with van der Waals surface area (Å²) in [6.45, 7) is 5.57. The quantitative estimate of drug-likeness (QED) is 0.778. The first-order valence-electron chi connectivity index (χ1n) is 5.86. The lowest BCUT2D eigenvalue weighted by Crippen LogP contribution is -2.25. The predicted octanol–water partition coefficient (Wildman–Crippen LogP) is 2.25. The molecule has 5 heteroatoms. The van der Waals surface area contributed by atoms with Crippen LogP contribution in [0.15, 0.2) is 18.5 Å². The third-order valence-electron chi connectivity index (χ3n) is 2.79. The van der Waals surface area contributed by atoms with Gasteiger partial charge in [-0.05, 0) is 17.9 Å². The van der Waals surface area contributed by atoms with Gasteiger partial charge in [0.15, 0.2) is 0 Å². The molecule has 1 aromatic rings. The van der Waals surface area contributed by atoms with Gasteiger partial charge >= 0.3 is 5.97 Å². The van der Waals surface area contributed by atoms with E-state index < -0.39 is 5.97 Å². The number of ether oxygens (including phenoxy) is 1. The number of carboxylic acid groups (broad SMARTS) is 1.